The topological polar surface area (TPSA) is 68.5 Å². The molecule has 1 aromatic heterocycles. The number of carbonyl (C=O) groups excluding carboxylic acids is 1. The van der Waals surface area contributed by atoms with Crippen molar-refractivity contribution in [2.24, 2.45) is 0 Å². The highest BCUT2D eigenvalue weighted by atomic mass is 16.5. The molecule has 0 spiro atoms. The van der Waals surface area contributed by atoms with E-state index >= 15 is 0 Å². The Bertz CT molecular complexity index is 996. The molecule has 1 aliphatic rings. The molecule has 6 nitrogen and oxygen atoms in total. The van der Waals surface area contributed by atoms with Crippen LogP contribution in [0, 0.1) is 0 Å². The first-order valence-electron chi connectivity index (χ1n) is 11.0. The van der Waals surface area contributed by atoms with Crippen LogP contribution in [-0.2, 0) is 24.1 Å². The number of hydrogen-bond acceptors (Lipinski definition) is 5. The second kappa shape index (κ2) is 9.77. The zero-order valence-electron chi connectivity index (χ0n) is 18.2. The van der Waals surface area contributed by atoms with Gasteiger partial charge in [0.25, 0.3) is 0 Å². The third-order valence-corrected chi connectivity index (χ3v) is 5.83. The Hall–Kier alpha value is -3.15. The van der Waals surface area contributed by atoms with Gasteiger partial charge < -0.3 is 14.2 Å². The molecule has 2 heterocycles. The molecule has 1 unspecified atom stereocenters. The summed E-state index contributed by atoms with van der Waals surface area (Å²) in [5.74, 6) is 2.15. The zero-order chi connectivity index (χ0) is 21.6. The Kier molecular flexibility index (Phi) is 6.65. The smallest absolute Gasteiger partial charge is 0.227 e. The fourth-order valence-electron chi connectivity index (χ4n) is 3.93. The third-order valence-electron chi connectivity index (χ3n) is 5.83. The molecule has 1 amide bonds. The molecule has 31 heavy (non-hydrogen) atoms. The van der Waals surface area contributed by atoms with E-state index in [-0.39, 0.29) is 11.8 Å². The number of nitrogens with zero attached hydrogens (tertiary/aromatic N) is 3. The molecule has 2 aromatic carbocycles. The van der Waals surface area contributed by atoms with Crippen molar-refractivity contribution in [3.8, 4) is 5.75 Å². The number of hydrogen-bond donors (Lipinski definition) is 0. The van der Waals surface area contributed by atoms with E-state index in [1.807, 2.05) is 41.3 Å². The van der Waals surface area contributed by atoms with Crippen molar-refractivity contribution in [3.63, 3.8) is 0 Å². The van der Waals surface area contributed by atoms with E-state index in [0.29, 0.717) is 31.1 Å². The number of benzene rings is 2. The summed E-state index contributed by atoms with van der Waals surface area (Å²) in [5.41, 5.74) is 3.44. The Morgan fingerprint density at radius 1 is 1.03 bits per heavy atom. The van der Waals surface area contributed by atoms with Crippen molar-refractivity contribution in [1.29, 1.82) is 0 Å². The fraction of sp³-hybridized carbons (Fsp3) is 0.400. The van der Waals surface area contributed by atoms with Crippen LogP contribution in [0.1, 0.15) is 54.9 Å². The summed E-state index contributed by atoms with van der Waals surface area (Å²) in [4.78, 5) is 19.0. The summed E-state index contributed by atoms with van der Waals surface area (Å²) in [5, 5.41) is 4.16. The second-order valence-electron chi connectivity index (χ2n) is 8.07. The lowest BCUT2D eigenvalue weighted by Gasteiger charge is -2.16. The summed E-state index contributed by atoms with van der Waals surface area (Å²) in [6.45, 7) is 2.78. The van der Waals surface area contributed by atoms with E-state index in [1.54, 1.807) is 7.11 Å². The lowest BCUT2D eigenvalue weighted by Crippen LogP contribution is -2.24. The van der Waals surface area contributed by atoms with Crippen molar-refractivity contribution in [1.82, 2.24) is 10.1 Å². The summed E-state index contributed by atoms with van der Waals surface area (Å²) in [6.07, 6.45) is 5.34. The maximum atomic E-state index is 12.6. The fourth-order valence-corrected chi connectivity index (χ4v) is 3.93. The molecule has 1 saturated heterocycles. The number of methoxy groups -OCH3 is 1. The monoisotopic (exact) mass is 419 g/mol. The molecule has 0 aliphatic carbocycles. The summed E-state index contributed by atoms with van der Waals surface area (Å²) >= 11 is 0. The van der Waals surface area contributed by atoms with Crippen molar-refractivity contribution in [2.75, 3.05) is 18.6 Å². The van der Waals surface area contributed by atoms with Gasteiger partial charge in [0.15, 0.2) is 5.82 Å². The van der Waals surface area contributed by atoms with Gasteiger partial charge in [-0.25, -0.2) is 0 Å². The Labute approximate surface area is 183 Å². The SMILES string of the molecule is CCCCc1ccc(N2CC(c3noc(CCc4ccc(OC)cc4)n3)CC2=O)cc1. The van der Waals surface area contributed by atoms with Gasteiger partial charge in [0, 0.05) is 31.0 Å². The van der Waals surface area contributed by atoms with Gasteiger partial charge in [0.1, 0.15) is 5.75 Å². The first kappa shape index (κ1) is 21.1. The molecule has 0 saturated carbocycles. The average molecular weight is 420 g/mol. The van der Waals surface area contributed by atoms with Gasteiger partial charge in [-0.15, -0.1) is 0 Å². The quantitative estimate of drug-likeness (QED) is 0.502. The van der Waals surface area contributed by atoms with Gasteiger partial charge >= 0.3 is 0 Å². The number of anilines is 1. The van der Waals surface area contributed by atoms with Crippen molar-refractivity contribution in [3.05, 3.63) is 71.4 Å². The van der Waals surface area contributed by atoms with Crippen LogP contribution < -0.4 is 9.64 Å². The predicted octanol–water partition coefficient (Wildman–Crippen LogP) is 4.73. The highest BCUT2D eigenvalue weighted by molar-refractivity contribution is 5.96. The van der Waals surface area contributed by atoms with Gasteiger partial charge in [-0.05, 0) is 54.7 Å². The number of rotatable bonds is 9. The maximum Gasteiger partial charge on any atom is 0.227 e. The molecule has 0 radical (unpaired) electrons. The molecular weight excluding hydrogens is 390 g/mol. The lowest BCUT2D eigenvalue weighted by molar-refractivity contribution is -0.117. The standard InChI is InChI=1S/C25H29N3O3/c1-3-4-5-18-6-11-21(12-7-18)28-17-20(16-24(28)29)25-26-23(31-27-25)15-10-19-8-13-22(30-2)14-9-19/h6-9,11-14,20H,3-5,10,15-17H2,1-2H3. The molecule has 4 rings (SSSR count). The van der Waals surface area contributed by atoms with Crippen LogP contribution in [-0.4, -0.2) is 29.7 Å². The van der Waals surface area contributed by atoms with Crippen LogP contribution in [0.5, 0.6) is 5.75 Å². The van der Waals surface area contributed by atoms with Crippen molar-refractivity contribution >= 4 is 11.6 Å². The number of aromatic nitrogens is 2. The zero-order valence-corrected chi connectivity index (χ0v) is 18.2. The molecule has 1 atom stereocenters. The molecular formula is C25H29N3O3. The van der Waals surface area contributed by atoms with E-state index in [4.69, 9.17) is 9.26 Å². The number of carbonyl (C=O) groups is 1. The van der Waals surface area contributed by atoms with Crippen LogP contribution in [0.15, 0.2) is 53.1 Å². The van der Waals surface area contributed by atoms with Gasteiger partial charge in [-0.1, -0.05) is 42.8 Å². The average Bonchev–Trinajstić information content (AvgIpc) is 3.43. The normalized spacial score (nSPS) is 16.1. The Morgan fingerprint density at radius 2 is 1.74 bits per heavy atom. The van der Waals surface area contributed by atoms with Gasteiger partial charge in [-0.3, -0.25) is 4.79 Å². The predicted molar refractivity (Wildman–Crippen MR) is 119 cm³/mol. The minimum Gasteiger partial charge on any atom is -0.497 e. The minimum atomic E-state index is -0.0363. The van der Waals surface area contributed by atoms with Crippen molar-refractivity contribution < 1.29 is 14.1 Å². The van der Waals surface area contributed by atoms with Crippen LogP contribution in [0.4, 0.5) is 5.69 Å². The molecule has 1 fully saturated rings. The third kappa shape index (κ3) is 5.13. The highest BCUT2D eigenvalue weighted by Crippen LogP contribution is 2.31. The molecule has 1 aliphatic heterocycles. The number of aryl methyl sites for hydroxylation is 3. The minimum absolute atomic E-state index is 0.0363. The van der Waals surface area contributed by atoms with Gasteiger partial charge in [0.05, 0.1) is 7.11 Å². The largest absolute Gasteiger partial charge is 0.497 e. The van der Waals surface area contributed by atoms with Crippen LogP contribution >= 0.6 is 0 Å². The maximum absolute atomic E-state index is 12.6. The summed E-state index contributed by atoms with van der Waals surface area (Å²) in [6, 6.07) is 16.3. The van der Waals surface area contributed by atoms with E-state index in [0.717, 1.165) is 24.3 Å². The molecule has 6 heteroatoms. The molecule has 0 bridgehead atoms. The number of ether oxygens (including phenoxy) is 1. The van der Waals surface area contributed by atoms with E-state index in [1.165, 1.54) is 24.0 Å². The Morgan fingerprint density at radius 3 is 2.45 bits per heavy atom. The van der Waals surface area contributed by atoms with Crippen LogP contribution in [0.2, 0.25) is 0 Å². The summed E-state index contributed by atoms with van der Waals surface area (Å²) < 4.78 is 10.6. The van der Waals surface area contributed by atoms with E-state index in [9.17, 15) is 4.79 Å². The number of amides is 1. The van der Waals surface area contributed by atoms with Crippen LogP contribution in [0.25, 0.3) is 0 Å². The van der Waals surface area contributed by atoms with Gasteiger partial charge in [-0.2, -0.15) is 4.98 Å². The highest BCUT2D eigenvalue weighted by Gasteiger charge is 2.34. The first-order valence-corrected chi connectivity index (χ1v) is 11.0. The second-order valence-corrected chi connectivity index (χ2v) is 8.07. The first-order chi connectivity index (χ1) is 15.2. The van der Waals surface area contributed by atoms with E-state index < -0.39 is 0 Å². The van der Waals surface area contributed by atoms with E-state index in [2.05, 4.69) is 29.2 Å². The molecule has 0 N–H and O–H groups in total. The van der Waals surface area contributed by atoms with Crippen LogP contribution in [0.3, 0.4) is 0 Å². The van der Waals surface area contributed by atoms with Gasteiger partial charge in [0.2, 0.25) is 11.8 Å². The Balaban J connectivity index is 1.35. The number of unbranched alkanes of at least 4 members (excludes halogenated alkanes) is 1. The van der Waals surface area contributed by atoms with Crippen molar-refractivity contribution in [2.45, 2.75) is 51.4 Å². The molecule has 162 valence electrons. The molecule has 3 aromatic rings. The lowest BCUT2D eigenvalue weighted by atomic mass is 10.1. The summed E-state index contributed by atoms with van der Waals surface area (Å²) in [7, 11) is 1.66.